The highest BCUT2D eigenvalue weighted by Gasteiger charge is 2.52. The second-order valence-electron chi connectivity index (χ2n) is 6.02. The number of carbonyl (C=O) groups excluding carboxylic acids is 2. The van der Waals surface area contributed by atoms with Crippen molar-refractivity contribution < 1.29 is 9.59 Å². The zero-order chi connectivity index (χ0) is 15.6. The number of halogens is 1. The number of urea groups is 1. The van der Waals surface area contributed by atoms with Crippen LogP contribution in [0.4, 0.5) is 4.79 Å². The molecular formula is C14H24IN5O2S. The molecule has 0 unspecified atom stereocenters. The third kappa shape index (κ3) is 3.86. The summed E-state index contributed by atoms with van der Waals surface area (Å²) in [5.74, 6) is 2.55. The van der Waals surface area contributed by atoms with Crippen molar-refractivity contribution >= 4 is 53.6 Å². The van der Waals surface area contributed by atoms with Crippen LogP contribution in [-0.4, -0.2) is 70.9 Å². The van der Waals surface area contributed by atoms with Gasteiger partial charge >= 0.3 is 6.03 Å². The van der Waals surface area contributed by atoms with E-state index in [1.807, 2.05) is 11.8 Å². The van der Waals surface area contributed by atoms with Crippen LogP contribution in [0.2, 0.25) is 0 Å². The third-order valence-corrected chi connectivity index (χ3v) is 5.58. The smallest absolute Gasteiger partial charge is 0.325 e. The Balaban J connectivity index is 0.00000192. The summed E-state index contributed by atoms with van der Waals surface area (Å²) < 4.78 is 0. The van der Waals surface area contributed by atoms with Gasteiger partial charge in [-0.2, -0.15) is 11.8 Å². The van der Waals surface area contributed by atoms with E-state index in [2.05, 4.69) is 15.2 Å². The molecule has 3 fully saturated rings. The van der Waals surface area contributed by atoms with E-state index in [1.54, 1.807) is 0 Å². The lowest BCUT2D eigenvalue weighted by molar-refractivity contribution is -0.131. The molecule has 3 aliphatic rings. The van der Waals surface area contributed by atoms with Crippen molar-refractivity contribution in [3.63, 3.8) is 0 Å². The quantitative estimate of drug-likeness (QED) is 0.286. The number of amides is 3. The van der Waals surface area contributed by atoms with Gasteiger partial charge in [-0.25, -0.2) is 4.79 Å². The molecule has 0 aromatic carbocycles. The second-order valence-corrected chi connectivity index (χ2v) is 7.24. The Morgan fingerprint density at radius 1 is 1.26 bits per heavy atom. The number of thioether (sulfide) groups is 1. The van der Waals surface area contributed by atoms with Gasteiger partial charge in [0.25, 0.3) is 5.91 Å². The zero-order valence-electron chi connectivity index (χ0n) is 13.1. The molecule has 3 N–H and O–H groups in total. The predicted molar refractivity (Wildman–Crippen MR) is 102 cm³/mol. The summed E-state index contributed by atoms with van der Waals surface area (Å²) in [6.45, 7) is 2.49. The van der Waals surface area contributed by atoms with Crippen LogP contribution in [0.5, 0.6) is 0 Å². The summed E-state index contributed by atoms with van der Waals surface area (Å²) in [7, 11) is 0. The first kappa shape index (κ1) is 18.6. The maximum Gasteiger partial charge on any atom is 0.325 e. The van der Waals surface area contributed by atoms with Gasteiger partial charge < -0.3 is 16.0 Å². The SMILES string of the molecule is I.NC(=NCCN1C(=O)NC2(CCCC2)C1=O)N1CCSCC1. The topological polar surface area (TPSA) is 91.0 Å². The Hall–Kier alpha value is -0.710. The molecule has 7 nitrogen and oxygen atoms in total. The fourth-order valence-electron chi connectivity index (χ4n) is 3.35. The normalized spacial score (nSPS) is 24.1. The first-order valence-electron chi connectivity index (χ1n) is 7.89. The molecule has 130 valence electrons. The number of guanidine groups is 1. The number of imide groups is 1. The van der Waals surface area contributed by atoms with Crippen LogP contribution in [0.1, 0.15) is 25.7 Å². The molecule has 1 spiro atoms. The Morgan fingerprint density at radius 3 is 2.57 bits per heavy atom. The number of rotatable bonds is 3. The number of aliphatic imine (C=N–C) groups is 1. The van der Waals surface area contributed by atoms with Gasteiger partial charge in [0.05, 0.1) is 13.1 Å². The van der Waals surface area contributed by atoms with Crippen LogP contribution in [0.15, 0.2) is 4.99 Å². The number of nitrogens with two attached hydrogens (primary N) is 1. The van der Waals surface area contributed by atoms with Crippen LogP contribution < -0.4 is 11.1 Å². The first-order chi connectivity index (χ1) is 10.6. The van der Waals surface area contributed by atoms with E-state index in [1.165, 1.54) is 4.90 Å². The highest BCUT2D eigenvalue weighted by Crippen LogP contribution is 2.34. The van der Waals surface area contributed by atoms with E-state index in [4.69, 9.17) is 5.73 Å². The predicted octanol–water partition coefficient (Wildman–Crippen LogP) is 0.832. The molecule has 23 heavy (non-hydrogen) atoms. The number of nitrogens with one attached hydrogen (secondary N) is 1. The second kappa shape index (κ2) is 7.91. The minimum absolute atomic E-state index is 0. The van der Waals surface area contributed by atoms with Gasteiger partial charge in [0, 0.05) is 24.6 Å². The van der Waals surface area contributed by atoms with Crippen molar-refractivity contribution in [2.75, 3.05) is 37.7 Å². The molecular weight excluding hydrogens is 429 g/mol. The van der Waals surface area contributed by atoms with Gasteiger partial charge in [-0.3, -0.25) is 14.7 Å². The van der Waals surface area contributed by atoms with Crippen molar-refractivity contribution in [2.24, 2.45) is 10.7 Å². The molecule has 0 atom stereocenters. The summed E-state index contributed by atoms with van der Waals surface area (Å²) in [5, 5.41) is 2.88. The summed E-state index contributed by atoms with van der Waals surface area (Å²) in [5.41, 5.74) is 5.35. The molecule has 2 saturated heterocycles. The molecule has 1 aliphatic carbocycles. The van der Waals surface area contributed by atoms with E-state index in [0.29, 0.717) is 19.0 Å². The van der Waals surface area contributed by atoms with Crippen LogP contribution in [0.25, 0.3) is 0 Å². The summed E-state index contributed by atoms with van der Waals surface area (Å²) in [6.07, 6.45) is 3.51. The van der Waals surface area contributed by atoms with E-state index in [0.717, 1.165) is 50.3 Å². The average molecular weight is 453 g/mol. The molecule has 0 radical (unpaired) electrons. The van der Waals surface area contributed by atoms with E-state index in [9.17, 15) is 9.59 Å². The Kier molecular flexibility index (Phi) is 6.40. The molecule has 9 heteroatoms. The fraction of sp³-hybridized carbons (Fsp3) is 0.786. The Morgan fingerprint density at radius 2 is 1.91 bits per heavy atom. The molecule has 3 amide bonds. The third-order valence-electron chi connectivity index (χ3n) is 4.64. The number of hydrogen-bond acceptors (Lipinski definition) is 4. The zero-order valence-corrected chi connectivity index (χ0v) is 16.3. The minimum atomic E-state index is -0.629. The summed E-state index contributed by atoms with van der Waals surface area (Å²) in [4.78, 5) is 32.2. The maximum absolute atomic E-state index is 12.5. The minimum Gasteiger partial charge on any atom is -0.370 e. The molecule has 0 bridgehead atoms. The highest BCUT2D eigenvalue weighted by atomic mass is 127. The van der Waals surface area contributed by atoms with Gasteiger partial charge in [-0.15, -0.1) is 24.0 Å². The molecule has 0 aromatic rings. The van der Waals surface area contributed by atoms with Crippen LogP contribution in [-0.2, 0) is 4.79 Å². The Labute approximate surface area is 157 Å². The van der Waals surface area contributed by atoms with Crippen molar-refractivity contribution in [1.29, 1.82) is 0 Å². The van der Waals surface area contributed by atoms with Crippen LogP contribution in [0.3, 0.4) is 0 Å². The fourth-order valence-corrected chi connectivity index (χ4v) is 4.26. The van der Waals surface area contributed by atoms with E-state index < -0.39 is 5.54 Å². The van der Waals surface area contributed by atoms with Crippen LogP contribution in [0, 0.1) is 0 Å². The van der Waals surface area contributed by atoms with Gasteiger partial charge in [-0.05, 0) is 12.8 Å². The monoisotopic (exact) mass is 453 g/mol. The lowest BCUT2D eigenvalue weighted by atomic mass is 9.98. The maximum atomic E-state index is 12.5. The van der Waals surface area contributed by atoms with E-state index >= 15 is 0 Å². The Bertz CT molecular complexity index is 490. The lowest BCUT2D eigenvalue weighted by Gasteiger charge is -2.27. The molecule has 2 heterocycles. The van der Waals surface area contributed by atoms with E-state index in [-0.39, 0.29) is 35.9 Å². The number of nitrogens with zero attached hydrogens (tertiary/aromatic N) is 3. The average Bonchev–Trinajstić information content (AvgIpc) is 3.09. The lowest BCUT2D eigenvalue weighted by Crippen LogP contribution is -2.44. The summed E-state index contributed by atoms with van der Waals surface area (Å²) in [6, 6.07) is -0.282. The highest BCUT2D eigenvalue weighted by molar-refractivity contribution is 14.0. The van der Waals surface area contributed by atoms with Crippen molar-refractivity contribution in [1.82, 2.24) is 15.1 Å². The first-order valence-corrected chi connectivity index (χ1v) is 9.05. The number of hydrogen-bond donors (Lipinski definition) is 2. The van der Waals surface area contributed by atoms with Gasteiger partial charge in [0.1, 0.15) is 5.54 Å². The van der Waals surface area contributed by atoms with Crippen molar-refractivity contribution in [3.8, 4) is 0 Å². The molecule has 1 saturated carbocycles. The standard InChI is InChI=1S/C14H23N5O2S.HI/c15-12(18-7-9-22-10-8-18)16-5-6-19-11(20)14(17-13(19)21)3-1-2-4-14;/h1-10H2,(H2,15,16)(H,17,21);1H. The summed E-state index contributed by atoms with van der Waals surface area (Å²) >= 11 is 1.91. The van der Waals surface area contributed by atoms with Gasteiger partial charge in [0.15, 0.2) is 5.96 Å². The molecule has 2 aliphatic heterocycles. The molecule has 0 aromatic heterocycles. The largest absolute Gasteiger partial charge is 0.370 e. The van der Waals surface area contributed by atoms with Gasteiger partial charge in [0.2, 0.25) is 0 Å². The van der Waals surface area contributed by atoms with Crippen molar-refractivity contribution in [3.05, 3.63) is 0 Å². The number of carbonyl (C=O) groups is 2. The van der Waals surface area contributed by atoms with Crippen LogP contribution >= 0.6 is 35.7 Å². The van der Waals surface area contributed by atoms with Crippen molar-refractivity contribution in [2.45, 2.75) is 31.2 Å². The molecule has 3 rings (SSSR count). The van der Waals surface area contributed by atoms with Gasteiger partial charge in [-0.1, -0.05) is 12.8 Å².